The van der Waals surface area contributed by atoms with Crippen LogP contribution in [0.3, 0.4) is 0 Å². The maximum absolute atomic E-state index is 5.77. The molecule has 120 valence electrons. The topological polar surface area (TPSA) is 33.7 Å². The Labute approximate surface area is 129 Å². The summed E-state index contributed by atoms with van der Waals surface area (Å²) in [5.74, 6) is 0.944. The number of benzene rings is 1. The molecule has 0 atom stereocenters. The van der Waals surface area contributed by atoms with E-state index in [0.717, 1.165) is 51.6 Å². The third kappa shape index (κ3) is 8.71. The third-order valence-corrected chi connectivity index (χ3v) is 3.31. The first-order valence-corrected chi connectivity index (χ1v) is 7.86. The Morgan fingerprint density at radius 2 is 1.86 bits per heavy atom. The highest BCUT2D eigenvalue weighted by atomic mass is 16.5. The van der Waals surface area contributed by atoms with E-state index in [2.05, 4.69) is 36.3 Å². The van der Waals surface area contributed by atoms with Gasteiger partial charge in [0.25, 0.3) is 0 Å². The second-order valence-electron chi connectivity index (χ2n) is 5.32. The molecule has 0 aliphatic rings. The van der Waals surface area contributed by atoms with E-state index in [4.69, 9.17) is 9.47 Å². The van der Waals surface area contributed by atoms with Crippen molar-refractivity contribution in [1.82, 2.24) is 10.2 Å². The molecule has 4 nitrogen and oxygen atoms in total. The molecule has 0 aliphatic heterocycles. The van der Waals surface area contributed by atoms with Gasteiger partial charge in [-0.05, 0) is 44.1 Å². The number of hydrogen-bond acceptors (Lipinski definition) is 4. The fraction of sp³-hybridized carbons (Fsp3) is 0.647. The van der Waals surface area contributed by atoms with E-state index in [-0.39, 0.29) is 0 Å². The molecule has 4 heteroatoms. The number of hydrogen-bond donors (Lipinski definition) is 1. The van der Waals surface area contributed by atoms with Crippen molar-refractivity contribution in [3.05, 3.63) is 29.8 Å². The summed E-state index contributed by atoms with van der Waals surface area (Å²) in [6, 6.07) is 8.35. The van der Waals surface area contributed by atoms with Crippen LogP contribution in [-0.2, 0) is 11.3 Å². The van der Waals surface area contributed by atoms with Gasteiger partial charge >= 0.3 is 0 Å². The fourth-order valence-electron chi connectivity index (χ4n) is 2.02. The van der Waals surface area contributed by atoms with Crippen LogP contribution in [0.5, 0.6) is 5.75 Å². The van der Waals surface area contributed by atoms with E-state index >= 15 is 0 Å². The molecule has 0 aromatic heterocycles. The Morgan fingerprint density at radius 1 is 1.10 bits per heavy atom. The Hall–Kier alpha value is -1.10. The second kappa shape index (κ2) is 11.5. The van der Waals surface area contributed by atoms with Gasteiger partial charge in [0.2, 0.25) is 0 Å². The molecule has 0 fully saturated rings. The third-order valence-electron chi connectivity index (χ3n) is 3.31. The van der Waals surface area contributed by atoms with Gasteiger partial charge in [0.05, 0.1) is 0 Å². The molecule has 0 heterocycles. The lowest BCUT2D eigenvalue weighted by atomic mass is 10.2. The van der Waals surface area contributed by atoms with Crippen molar-refractivity contribution in [3.63, 3.8) is 0 Å². The van der Waals surface area contributed by atoms with E-state index in [0.29, 0.717) is 0 Å². The van der Waals surface area contributed by atoms with E-state index in [9.17, 15) is 0 Å². The smallest absolute Gasteiger partial charge is 0.119 e. The first kappa shape index (κ1) is 18.0. The van der Waals surface area contributed by atoms with Crippen LogP contribution in [-0.4, -0.2) is 51.9 Å². The molecule has 0 aliphatic carbocycles. The first-order chi connectivity index (χ1) is 10.3. The van der Waals surface area contributed by atoms with Crippen LogP contribution in [0.4, 0.5) is 0 Å². The van der Waals surface area contributed by atoms with Crippen LogP contribution < -0.4 is 10.1 Å². The lowest BCUT2D eigenvalue weighted by Crippen LogP contribution is -2.26. The number of rotatable bonds is 12. The van der Waals surface area contributed by atoms with Crippen LogP contribution in [0.15, 0.2) is 24.3 Å². The molecule has 21 heavy (non-hydrogen) atoms. The molecular formula is C17H30N2O2. The lowest BCUT2D eigenvalue weighted by Gasteiger charge is -2.16. The molecule has 1 N–H and O–H groups in total. The predicted molar refractivity (Wildman–Crippen MR) is 87.9 cm³/mol. The van der Waals surface area contributed by atoms with Gasteiger partial charge in [0, 0.05) is 33.4 Å². The molecule has 1 rings (SSSR count). The monoisotopic (exact) mass is 294 g/mol. The number of ether oxygens (including phenoxy) is 2. The molecule has 0 saturated carbocycles. The van der Waals surface area contributed by atoms with Crippen LogP contribution in [0.2, 0.25) is 0 Å². The minimum Gasteiger partial charge on any atom is -0.492 e. The van der Waals surface area contributed by atoms with Gasteiger partial charge in [-0.25, -0.2) is 0 Å². The highest BCUT2D eigenvalue weighted by Crippen LogP contribution is 2.12. The number of likely N-dealkylation sites (N-methyl/N-ethyl adjacent to an activating group) is 1. The maximum Gasteiger partial charge on any atom is 0.119 e. The Kier molecular flexibility index (Phi) is 9.87. The molecule has 0 spiro atoms. The number of nitrogens with zero attached hydrogens (tertiary/aromatic N) is 1. The van der Waals surface area contributed by atoms with Gasteiger partial charge < -0.3 is 19.7 Å². The van der Waals surface area contributed by atoms with Gasteiger partial charge in [-0.3, -0.25) is 0 Å². The quantitative estimate of drug-likeness (QED) is 0.601. The summed E-state index contributed by atoms with van der Waals surface area (Å²) in [6.45, 7) is 7.68. The zero-order valence-electron chi connectivity index (χ0n) is 13.7. The summed E-state index contributed by atoms with van der Waals surface area (Å²) >= 11 is 0. The average Bonchev–Trinajstić information content (AvgIpc) is 2.49. The van der Waals surface area contributed by atoms with Crippen molar-refractivity contribution in [2.24, 2.45) is 0 Å². The van der Waals surface area contributed by atoms with Crippen molar-refractivity contribution in [2.75, 3.05) is 47.0 Å². The van der Waals surface area contributed by atoms with Crippen LogP contribution >= 0.6 is 0 Å². The van der Waals surface area contributed by atoms with Gasteiger partial charge in [0.1, 0.15) is 12.4 Å². The van der Waals surface area contributed by atoms with Gasteiger partial charge in [-0.1, -0.05) is 19.1 Å². The SMILES string of the molecule is CCCNCc1ccc(OCCN(C)CCCOC)cc1. The van der Waals surface area contributed by atoms with Crippen molar-refractivity contribution < 1.29 is 9.47 Å². The zero-order valence-corrected chi connectivity index (χ0v) is 13.7. The van der Waals surface area contributed by atoms with Crippen molar-refractivity contribution in [2.45, 2.75) is 26.3 Å². The summed E-state index contributed by atoms with van der Waals surface area (Å²) in [6.07, 6.45) is 2.23. The molecule has 0 bridgehead atoms. The number of nitrogens with one attached hydrogen (secondary N) is 1. The van der Waals surface area contributed by atoms with Crippen LogP contribution in [0.1, 0.15) is 25.3 Å². The largest absolute Gasteiger partial charge is 0.492 e. The maximum atomic E-state index is 5.77. The molecular weight excluding hydrogens is 264 g/mol. The van der Waals surface area contributed by atoms with Gasteiger partial charge in [-0.2, -0.15) is 0 Å². The van der Waals surface area contributed by atoms with Gasteiger partial charge in [0.15, 0.2) is 0 Å². The predicted octanol–water partition coefficient (Wildman–Crippen LogP) is 2.53. The molecule has 0 unspecified atom stereocenters. The zero-order chi connectivity index (χ0) is 15.3. The van der Waals surface area contributed by atoms with Crippen molar-refractivity contribution in [1.29, 1.82) is 0 Å². The van der Waals surface area contributed by atoms with Crippen LogP contribution in [0, 0.1) is 0 Å². The summed E-state index contributed by atoms with van der Waals surface area (Å²) in [4.78, 5) is 2.27. The first-order valence-electron chi connectivity index (χ1n) is 7.86. The van der Waals surface area contributed by atoms with E-state index in [1.165, 1.54) is 12.0 Å². The summed E-state index contributed by atoms with van der Waals surface area (Å²) in [7, 11) is 3.85. The van der Waals surface area contributed by atoms with Crippen molar-refractivity contribution >= 4 is 0 Å². The normalized spacial score (nSPS) is 11.0. The number of methoxy groups -OCH3 is 1. The van der Waals surface area contributed by atoms with Crippen LogP contribution in [0.25, 0.3) is 0 Å². The summed E-state index contributed by atoms with van der Waals surface area (Å²) < 4.78 is 10.8. The van der Waals surface area contributed by atoms with E-state index in [1.54, 1.807) is 7.11 Å². The fourth-order valence-corrected chi connectivity index (χ4v) is 2.02. The Morgan fingerprint density at radius 3 is 2.52 bits per heavy atom. The standard InChI is InChI=1S/C17H30N2O2/c1-4-10-18-15-16-6-8-17(9-7-16)21-14-12-19(2)11-5-13-20-3/h6-9,18H,4-5,10-15H2,1-3H3. The average molecular weight is 294 g/mol. The Bertz CT molecular complexity index is 354. The van der Waals surface area contributed by atoms with E-state index < -0.39 is 0 Å². The molecule has 0 amide bonds. The van der Waals surface area contributed by atoms with E-state index in [1.807, 2.05) is 12.1 Å². The minimum absolute atomic E-state index is 0.719. The van der Waals surface area contributed by atoms with Gasteiger partial charge in [-0.15, -0.1) is 0 Å². The summed E-state index contributed by atoms with van der Waals surface area (Å²) in [5, 5.41) is 3.40. The Balaban J connectivity index is 2.17. The molecule has 1 aromatic carbocycles. The second-order valence-corrected chi connectivity index (χ2v) is 5.32. The lowest BCUT2D eigenvalue weighted by molar-refractivity contribution is 0.172. The molecule has 0 radical (unpaired) electrons. The summed E-state index contributed by atoms with van der Waals surface area (Å²) in [5.41, 5.74) is 1.30. The molecule has 1 aromatic rings. The highest BCUT2D eigenvalue weighted by Gasteiger charge is 2.00. The molecule has 0 saturated heterocycles. The minimum atomic E-state index is 0.719. The highest BCUT2D eigenvalue weighted by molar-refractivity contribution is 5.27. The van der Waals surface area contributed by atoms with Crippen molar-refractivity contribution in [3.8, 4) is 5.75 Å².